The number of carbonyl (C=O) groups excluding carboxylic acids is 2. The summed E-state index contributed by atoms with van der Waals surface area (Å²) in [6, 6.07) is 10.6. The Morgan fingerprint density at radius 3 is 2.38 bits per heavy atom. The Labute approximate surface area is 187 Å². The highest BCUT2D eigenvalue weighted by Crippen LogP contribution is 2.22. The first-order chi connectivity index (χ1) is 15.2. The van der Waals surface area contributed by atoms with Crippen molar-refractivity contribution in [3.63, 3.8) is 0 Å². The molecule has 1 fully saturated rings. The number of esters is 1. The molecule has 3 rings (SSSR count). The van der Waals surface area contributed by atoms with Crippen LogP contribution in [0, 0.1) is 6.92 Å². The van der Waals surface area contributed by atoms with Crippen LogP contribution in [-0.4, -0.2) is 64.7 Å². The molecule has 1 saturated heterocycles. The van der Waals surface area contributed by atoms with Crippen molar-refractivity contribution < 1.29 is 32.2 Å². The molecule has 2 aromatic rings. The number of nitrogens with one attached hydrogen (secondary N) is 1. The Bertz CT molecular complexity index is 1080. The van der Waals surface area contributed by atoms with Gasteiger partial charge in [0.05, 0.1) is 30.8 Å². The first-order valence-corrected chi connectivity index (χ1v) is 11.5. The number of amides is 1. The van der Waals surface area contributed by atoms with Gasteiger partial charge in [0.25, 0.3) is 15.9 Å². The maximum atomic E-state index is 12.8. The summed E-state index contributed by atoms with van der Waals surface area (Å²) in [5, 5.41) is 0. The quantitative estimate of drug-likeness (QED) is 0.628. The van der Waals surface area contributed by atoms with Gasteiger partial charge in [-0.3, -0.25) is 9.52 Å². The number of aryl methyl sites for hydroxylation is 1. The van der Waals surface area contributed by atoms with Crippen LogP contribution < -0.4 is 9.46 Å². The van der Waals surface area contributed by atoms with Crippen LogP contribution in [0.5, 0.6) is 5.75 Å². The number of sulfonamides is 1. The van der Waals surface area contributed by atoms with Crippen molar-refractivity contribution in [1.29, 1.82) is 0 Å². The summed E-state index contributed by atoms with van der Waals surface area (Å²) in [4.78, 5) is 26.7. The highest BCUT2D eigenvalue weighted by atomic mass is 32.2. The molecule has 0 radical (unpaired) electrons. The van der Waals surface area contributed by atoms with E-state index in [-0.39, 0.29) is 16.4 Å². The van der Waals surface area contributed by atoms with E-state index in [1.54, 1.807) is 36.1 Å². The summed E-state index contributed by atoms with van der Waals surface area (Å²) >= 11 is 0. The number of nitrogens with zero attached hydrogens (tertiary/aromatic N) is 1. The van der Waals surface area contributed by atoms with Crippen LogP contribution in [0.25, 0.3) is 0 Å². The maximum Gasteiger partial charge on any atom is 0.339 e. The Kier molecular flexibility index (Phi) is 7.37. The average Bonchev–Trinajstić information content (AvgIpc) is 2.79. The molecule has 32 heavy (non-hydrogen) atoms. The minimum Gasteiger partial charge on any atom is -0.497 e. The second kappa shape index (κ2) is 10.0. The summed E-state index contributed by atoms with van der Waals surface area (Å²) < 4.78 is 43.7. The first-order valence-electron chi connectivity index (χ1n) is 10.1. The van der Waals surface area contributed by atoms with Gasteiger partial charge in [-0.05, 0) is 55.8 Å². The second-order valence-electron chi connectivity index (χ2n) is 7.30. The lowest BCUT2D eigenvalue weighted by Crippen LogP contribution is -2.46. The Balaban J connectivity index is 1.74. The second-order valence-corrected chi connectivity index (χ2v) is 8.98. The van der Waals surface area contributed by atoms with E-state index in [2.05, 4.69) is 4.72 Å². The zero-order valence-electron chi connectivity index (χ0n) is 18.2. The van der Waals surface area contributed by atoms with Crippen LogP contribution in [0.3, 0.4) is 0 Å². The number of morpholine rings is 1. The number of carbonyl (C=O) groups is 2. The number of benzene rings is 2. The van der Waals surface area contributed by atoms with Crippen LogP contribution in [0.1, 0.15) is 22.8 Å². The van der Waals surface area contributed by atoms with Gasteiger partial charge in [0.1, 0.15) is 5.75 Å². The third kappa shape index (κ3) is 5.57. The van der Waals surface area contributed by atoms with Gasteiger partial charge < -0.3 is 19.1 Å². The number of hydrogen-bond acceptors (Lipinski definition) is 7. The highest BCUT2D eigenvalue weighted by molar-refractivity contribution is 7.92. The molecule has 172 valence electrons. The SMILES string of the molecule is COc1ccc(NS(=O)(=O)c2ccc(C)c(C(=O)O[C@@H](C)C(=O)N3CCOCC3)c2)cc1. The van der Waals surface area contributed by atoms with Crippen molar-refractivity contribution in [2.45, 2.75) is 24.8 Å². The molecule has 0 spiro atoms. The first kappa shape index (κ1) is 23.6. The molecule has 9 nitrogen and oxygen atoms in total. The molecule has 0 bridgehead atoms. The van der Waals surface area contributed by atoms with Crippen LogP contribution in [-0.2, 0) is 24.3 Å². The molecule has 0 aromatic heterocycles. The van der Waals surface area contributed by atoms with E-state index in [1.165, 1.54) is 32.2 Å². The van der Waals surface area contributed by atoms with Crippen molar-refractivity contribution in [2.24, 2.45) is 0 Å². The molecule has 0 unspecified atom stereocenters. The summed E-state index contributed by atoms with van der Waals surface area (Å²) in [5.41, 5.74) is 0.953. The van der Waals surface area contributed by atoms with Gasteiger partial charge in [0.2, 0.25) is 0 Å². The van der Waals surface area contributed by atoms with Gasteiger partial charge in [0.15, 0.2) is 6.10 Å². The smallest absolute Gasteiger partial charge is 0.339 e. The third-order valence-electron chi connectivity index (χ3n) is 5.04. The van der Waals surface area contributed by atoms with E-state index in [1.807, 2.05) is 0 Å². The largest absolute Gasteiger partial charge is 0.497 e. The zero-order valence-corrected chi connectivity index (χ0v) is 19.0. The topological polar surface area (TPSA) is 111 Å². The fourth-order valence-electron chi connectivity index (χ4n) is 3.18. The third-order valence-corrected chi connectivity index (χ3v) is 6.41. The zero-order chi connectivity index (χ0) is 23.3. The van der Waals surface area contributed by atoms with E-state index in [0.717, 1.165) is 0 Å². The summed E-state index contributed by atoms with van der Waals surface area (Å²) in [6.45, 7) is 4.91. The Morgan fingerprint density at radius 2 is 1.75 bits per heavy atom. The molecule has 1 atom stereocenters. The fraction of sp³-hybridized carbons (Fsp3) is 0.364. The molecule has 0 saturated carbocycles. The summed E-state index contributed by atoms with van der Waals surface area (Å²) in [7, 11) is -2.44. The lowest BCUT2D eigenvalue weighted by molar-refractivity contribution is -0.143. The van der Waals surface area contributed by atoms with Crippen LogP contribution >= 0.6 is 0 Å². The minimum absolute atomic E-state index is 0.0734. The molecular formula is C22H26N2O7S. The van der Waals surface area contributed by atoms with Gasteiger partial charge >= 0.3 is 5.97 Å². The number of hydrogen-bond donors (Lipinski definition) is 1. The average molecular weight is 463 g/mol. The summed E-state index contributed by atoms with van der Waals surface area (Å²) in [6.07, 6.45) is -1.00. The fourth-order valence-corrected chi connectivity index (χ4v) is 4.26. The molecule has 0 aliphatic carbocycles. The lowest BCUT2D eigenvalue weighted by atomic mass is 10.1. The van der Waals surface area contributed by atoms with Gasteiger partial charge in [-0.15, -0.1) is 0 Å². The van der Waals surface area contributed by atoms with Gasteiger partial charge in [-0.2, -0.15) is 0 Å². The van der Waals surface area contributed by atoms with Crippen LogP contribution in [0.2, 0.25) is 0 Å². The standard InChI is InChI=1S/C22H26N2O7S/c1-15-4-9-19(32(27,28)23-17-5-7-18(29-3)8-6-17)14-20(15)22(26)31-16(2)21(25)24-10-12-30-13-11-24/h4-9,14,16,23H,10-13H2,1-3H3/t16-/m0/s1. The number of rotatable bonds is 7. The van der Waals surface area contributed by atoms with Gasteiger partial charge in [-0.25, -0.2) is 13.2 Å². The van der Waals surface area contributed by atoms with Crippen molar-refractivity contribution in [1.82, 2.24) is 4.90 Å². The van der Waals surface area contributed by atoms with E-state index in [0.29, 0.717) is 43.3 Å². The van der Waals surface area contributed by atoms with E-state index >= 15 is 0 Å². The molecule has 1 aliphatic rings. The number of anilines is 1. The minimum atomic E-state index is -3.96. The van der Waals surface area contributed by atoms with Crippen molar-refractivity contribution >= 4 is 27.6 Å². The Morgan fingerprint density at radius 1 is 1.09 bits per heavy atom. The predicted molar refractivity (Wildman–Crippen MR) is 117 cm³/mol. The molecular weight excluding hydrogens is 436 g/mol. The van der Waals surface area contributed by atoms with Gasteiger partial charge in [0, 0.05) is 18.8 Å². The lowest BCUT2D eigenvalue weighted by Gasteiger charge is -2.29. The van der Waals surface area contributed by atoms with Crippen molar-refractivity contribution in [3.05, 3.63) is 53.6 Å². The summed E-state index contributed by atoms with van der Waals surface area (Å²) in [5.74, 6) is -0.489. The van der Waals surface area contributed by atoms with Gasteiger partial charge in [-0.1, -0.05) is 6.07 Å². The normalized spacial score (nSPS) is 15.0. The number of ether oxygens (including phenoxy) is 3. The Hall–Kier alpha value is -3.11. The van der Waals surface area contributed by atoms with Crippen LogP contribution in [0.15, 0.2) is 47.4 Å². The van der Waals surface area contributed by atoms with E-state index in [4.69, 9.17) is 14.2 Å². The molecule has 1 aliphatic heterocycles. The van der Waals surface area contributed by atoms with Crippen molar-refractivity contribution in [3.8, 4) is 5.75 Å². The molecule has 2 aromatic carbocycles. The number of methoxy groups -OCH3 is 1. The molecule has 1 heterocycles. The molecule has 1 amide bonds. The highest BCUT2D eigenvalue weighted by Gasteiger charge is 2.27. The molecule has 1 N–H and O–H groups in total. The van der Waals surface area contributed by atoms with E-state index in [9.17, 15) is 18.0 Å². The molecule has 10 heteroatoms. The van der Waals surface area contributed by atoms with E-state index < -0.39 is 22.1 Å². The van der Waals surface area contributed by atoms with Crippen molar-refractivity contribution in [2.75, 3.05) is 38.1 Å². The monoisotopic (exact) mass is 462 g/mol. The van der Waals surface area contributed by atoms with Crippen LogP contribution in [0.4, 0.5) is 5.69 Å². The predicted octanol–water partition coefficient (Wildman–Crippen LogP) is 2.21. The maximum absolute atomic E-state index is 12.8.